The summed E-state index contributed by atoms with van der Waals surface area (Å²) in [4.78, 5) is 26.4. The fourth-order valence-corrected chi connectivity index (χ4v) is 4.24. The number of benzene rings is 2. The molecule has 2 fully saturated rings. The maximum Gasteiger partial charge on any atom is 0.328 e. The Balaban J connectivity index is 0.000000414. The second kappa shape index (κ2) is 14.2. The zero-order valence-corrected chi connectivity index (χ0v) is 21.5. The molecule has 0 spiro atoms. The van der Waals surface area contributed by atoms with Crippen LogP contribution in [0, 0.1) is 0 Å². The third-order valence-corrected chi connectivity index (χ3v) is 6.30. The number of hydrogen-bond donors (Lipinski definition) is 3. The molecule has 2 aliphatic rings. The summed E-state index contributed by atoms with van der Waals surface area (Å²) >= 11 is 0. The number of hydrazine groups is 1. The molecule has 10 heteroatoms. The van der Waals surface area contributed by atoms with Crippen LogP contribution >= 0.6 is 0 Å². The molecule has 3 N–H and O–H groups in total. The topological polar surface area (TPSA) is 109 Å². The van der Waals surface area contributed by atoms with Crippen LogP contribution in [0.2, 0.25) is 0 Å². The largest absolute Gasteiger partial charge is 0.495 e. The molecular formula is C27H37N5O5. The molecule has 0 saturated carbocycles. The minimum atomic E-state index is -1.26. The van der Waals surface area contributed by atoms with Gasteiger partial charge >= 0.3 is 11.9 Å². The number of piperazine rings is 2. The first-order valence-electron chi connectivity index (χ1n) is 12.4. The van der Waals surface area contributed by atoms with Gasteiger partial charge in [-0.2, -0.15) is 0 Å². The van der Waals surface area contributed by atoms with E-state index < -0.39 is 11.9 Å². The molecule has 0 unspecified atom stereocenters. The predicted octanol–water partition coefficient (Wildman–Crippen LogP) is 2.30. The number of anilines is 2. The summed E-state index contributed by atoms with van der Waals surface area (Å²) in [5.74, 6) is -1.56. The van der Waals surface area contributed by atoms with Crippen LogP contribution < -0.4 is 15.1 Å². The van der Waals surface area contributed by atoms with Crippen molar-refractivity contribution < 1.29 is 24.5 Å². The summed E-state index contributed by atoms with van der Waals surface area (Å²) in [6.07, 6.45) is 1.12. The number of carboxylic acid groups (broad SMARTS) is 2. The van der Waals surface area contributed by atoms with Crippen LogP contribution in [-0.4, -0.2) is 103 Å². The summed E-state index contributed by atoms with van der Waals surface area (Å²) in [5.41, 5.74) is 7.33. The van der Waals surface area contributed by atoms with E-state index in [0.717, 1.165) is 70.3 Å². The van der Waals surface area contributed by atoms with Gasteiger partial charge in [-0.1, -0.05) is 30.3 Å². The number of carbonyl (C=O) groups is 2. The number of nitrogens with zero attached hydrogens (tertiary/aromatic N) is 4. The monoisotopic (exact) mass is 511 g/mol. The molecule has 0 amide bonds. The van der Waals surface area contributed by atoms with E-state index >= 15 is 0 Å². The Morgan fingerprint density at radius 1 is 0.892 bits per heavy atom. The molecule has 2 aliphatic heterocycles. The highest BCUT2D eigenvalue weighted by atomic mass is 16.5. The fourth-order valence-electron chi connectivity index (χ4n) is 4.24. The van der Waals surface area contributed by atoms with Crippen molar-refractivity contribution in [1.29, 1.82) is 0 Å². The highest BCUT2D eigenvalue weighted by Crippen LogP contribution is 2.32. The number of aliphatic carboxylic acids is 2. The first-order chi connectivity index (χ1) is 17.8. The summed E-state index contributed by atoms with van der Waals surface area (Å²) in [6.45, 7) is 9.46. The highest BCUT2D eigenvalue weighted by molar-refractivity contribution is 5.89. The normalized spacial score (nSPS) is 17.2. The van der Waals surface area contributed by atoms with E-state index in [9.17, 15) is 9.59 Å². The van der Waals surface area contributed by atoms with Crippen molar-refractivity contribution in [2.24, 2.45) is 0 Å². The first-order valence-corrected chi connectivity index (χ1v) is 12.4. The van der Waals surface area contributed by atoms with E-state index in [4.69, 9.17) is 14.9 Å². The third-order valence-electron chi connectivity index (χ3n) is 6.30. The second-order valence-corrected chi connectivity index (χ2v) is 9.05. The summed E-state index contributed by atoms with van der Waals surface area (Å²) in [5, 5.41) is 18.0. The molecule has 4 rings (SSSR count). The lowest BCUT2D eigenvalue weighted by atomic mass is 10.2. The number of methoxy groups -OCH3 is 1. The Bertz CT molecular complexity index is 1020. The van der Waals surface area contributed by atoms with Gasteiger partial charge in [0, 0.05) is 71.1 Å². The summed E-state index contributed by atoms with van der Waals surface area (Å²) < 4.78 is 5.64. The van der Waals surface area contributed by atoms with E-state index in [1.165, 1.54) is 11.3 Å². The van der Waals surface area contributed by atoms with E-state index in [1.807, 2.05) is 0 Å². The molecule has 10 nitrogen and oxygen atoms in total. The molecule has 0 aromatic heterocycles. The Hall–Kier alpha value is -3.60. The van der Waals surface area contributed by atoms with E-state index in [2.05, 4.69) is 80.7 Å². The number of ether oxygens (including phenoxy) is 1. The summed E-state index contributed by atoms with van der Waals surface area (Å²) in [6, 6.07) is 17.2. The SMILES string of the molecule is COc1ccc(NN2CCN(Cc3ccccc3)CC2)cc1N1CCN(C)CC1.O=C(O)/C=C/C(=O)O. The van der Waals surface area contributed by atoms with Crippen LogP contribution in [0.4, 0.5) is 11.4 Å². The van der Waals surface area contributed by atoms with Crippen molar-refractivity contribution >= 4 is 23.3 Å². The van der Waals surface area contributed by atoms with E-state index in [1.54, 1.807) is 7.11 Å². The number of nitrogens with one attached hydrogen (secondary N) is 1. The Morgan fingerprint density at radius 3 is 2.08 bits per heavy atom. The zero-order chi connectivity index (χ0) is 26.6. The average Bonchev–Trinajstić information content (AvgIpc) is 2.90. The molecule has 200 valence electrons. The van der Waals surface area contributed by atoms with Crippen LogP contribution in [0.3, 0.4) is 0 Å². The smallest absolute Gasteiger partial charge is 0.328 e. The standard InChI is InChI=1S/C23H33N5O.C4H4O4/c1-25-10-14-27(15-11-25)22-18-21(8-9-23(22)29-2)24-28-16-12-26(13-17-28)19-20-6-4-3-5-7-20;5-3(6)1-2-4(7)8/h3-9,18,24H,10-17,19H2,1-2H3;1-2H,(H,5,6)(H,7,8)/b;2-1+. The Kier molecular flexibility index (Phi) is 10.8. The molecule has 0 radical (unpaired) electrons. The molecular weight excluding hydrogens is 474 g/mol. The van der Waals surface area contributed by atoms with Gasteiger partial charge < -0.3 is 30.2 Å². The van der Waals surface area contributed by atoms with Crippen molar-refractivity contribution in [2.75, 3.05) is 76.8 Å². The minimum Gasteiger partial charge on any atom is -0.495 e. The molecule has 2 aromatic rings. The van der Waals surface area contributed by atoms with Crippen molar-refractivity contribution in [3.05, 3.63) is 66.2 Å². The lowest BCUT2D eigenvalue weighted by Gasteiger charge is -2.36. The van der Waals surface area contributed by atoms with Crippen LogP contribution in [-0.2, 0) is 16.1 Å². The predicted molar refractivity (Wildman–Crippen MR) is 144 cm³/mol. The van der Waals surface area contributed by atoms with Gasteiger partial charge in [-0.25, -0.2) is 14.6 Å². The highest BCUT2D eigenvalue weighted by Gasteiger charge is 2.20. The molecule has 0 aliphatic carbocycles. The van der Waals surface area contributed by atoms with Gasteiger partial charge in [-0.05, 0) is 30.8 Å². The number of hydrogen-bond acceptors (Lipinski definition) is 8. The molecule has 2 aromatic carbocycles. The first kappa shape index (κ1) is 28.0. The van der Waals surface area contributed by atoms with Crippen LogP contribution in [0.15, 0.2) is 60.7 Å². The Labute approximate surface area is 218 Å². The van der Waals surface area contributed by atoms with Crippen molar-refractivity contribution in [3.8, 4) is 5.75 Å². The van der Waals surface area contributed by atoms with Gasteiger partial charge in [0.15, 0.2) is 0 Å². The van der Waals surface area contributed by atoms with Crippen LogP contribution in [0.25, 0.3) is 0 Å². The lowest BCUT2D eigenvalue weighted by molar-refractivity contribution is -0.134. The van der Waals surface area contributed by atoms with Gasteiger partial charge in [0.2, 0.25) is 0 Å². The molecule has 37 heavy (non-hydrogen) atoms. The van der Waals surface area contributed by atoms with Crippen molar-refractivity contribution in [2.45, 2.75) is 6.54 Å². The molecule has 0 bridgehead atoms. The average molecular weight is 512 g/mol. The van der Waals surface area contributed by atoms with Crippen molar-refractivity contribution in [3.63, 3.8) is 0 Å². The summed E-state index contributed by atoms with van der Waals surface area (Å²) in [7, 11) is 3.94. The third kappa shape index (κ3) is 9.41. The quantitative estimate of drug-likeness (QED) is 0.457. The molecule has 2 saturated heterocycles. The van der Waals surface area contributed by atoms with Crippen molar-refractivity contribution in [1.82, 2.24) is 14.8 Å². The number of carboxylic acids is 2. The van der Waals surface area contributed by atoms with E-state index in [0.29, 0.717) is 12.2 Å². The zero-order valence-electron chi connectivity index (χ0n) is 21.5. The van der Waals surface area contributed by atoms with Crippen LogP contribution in [0.1, 0.15) is 5.56 Å². The lowest BCUT2D eigenvalue weighted by Crippen LogP contribution is -2.48. The second-order valence-electron chi connectivity index (χ2n) is 9.05. The maximum atomic E-state index is 9.55. The maximum absolute atomic E-state index is 9.55. The van der Waals surface area contributed by atoms with Gasteiger partial charge in [-0.15, -0.1) is 0 Å². The van der Waals surface area contributed by atoms with Gasteiger partial charge in [0.05, 0.1) is 18.5 Å². The number of rotatable bonds is 8. The fraction of sp³-hybridized carbons (Fsp3) is 0.407. The van der Waals surface area contributed by atoms with Gasteiger partial charge in [-0.3, -0.25) is 4.90 Å². The van der Waals surface area contributed by atoms with Crippen LogP contribution in [0.5, 0.6) is 5.75 Å². The van der Waals surface area contributed by atoms with Gasteiger partial charge in [0.1, 0.15) is 5.75 Å². The molecule has 0 atom stereocenters. The van der Waals surface area contributed by atoms with Gasteiger partial charge in [0.25, 0.3) is 0 Å². The van der Waals surface area contributed by atoms with E-state index in [-0.39, 0.29) is 0 Å². The number of likely N-dealkylation sites (N-methyl/N-ethyl adjacent to an activating group) is 1. The Morgan fingerprint density at radius 2 is 1.51 bits per heavy atom. The molecule has 2 heterocycles. The minimum absolute atomic E-state index is 0.558.